The molecule has 1 amide bonds. The molecule has 2 heterocycles. The van der Waals surface area contributed by atoms with Gasteiger partial charge in [0.25, 0.3) is 5.91 Å². The molecule has 0 atom stereocenters. The summed E-state index contributed by atoms with van der Waals surface area (Å²) >= 11 is 0. The van der Waals surface area contributed by atoms with Gasteiger partial charge < -0.3 is 14.5 Å². The number of nitrogens with zero attached hydrogens (tertiary/aromatic N) is 1. The zero-order valence-electron chi connectivity index (χ0n) is 12.3. The Hall–Kier alpha value is -3.22. The molecular weight excluding hydrogens is 318 g/mol. The van der Waals surface area contributed by atoms with Crippen LogP contribution >= 0.6 is 0 Å². The first kappa shape index (κ1) is 15.7. The van der Waals surface area contributed by atoms with Crippen LogP contribution in [0.1, 0.15) is 15.9 Å². The molecule has 122 valence electrons. The van der Waals surface area contributed by atoms with Crippen molar-refractivity contribution in [3.63, 3.8) is 0 Å². The number of carbonyl (C=O) groups excluding carboxylic acids is 1. The average molecular weight is 330 g/mol. The van der Waals surface area contributed by atoms with Crippen molar-refractivity contribution in [2.75, 3.05) is 0 Å². The summed E-state index contributed by atoms with van der Waals surface area (Å²) < 4.78 is 36.5. The van der Waals surface area contributed by atoms with Crippen LogP contribution in [0.5, 0.6) is 11.6 Å². The third-order valence-corrected chi connectivity index (χ3v) is 3.18. The van der Waals surface area contributed by atoms with E-state index in [1.54, 1.807) is 12.1 Å². The van der Waals surface area contributed by atoms with Gasteiger partial charge in [-0.25, -0.2) is 13.8 Å². The Bertz CT molecular complexity index is 851. The van der Waals surface area contributed by atoms with E-state index in [9.17, 15) is 13.6 Å². The molecule has 0 radical (unpaired) electrons. The van der Waals surface area contributed by atoms with Crippen molar-refractivity contribution in [2.45, 2.75) is 6.54 Å². The molecule has 3 rings (SSSR count). The zero-order chi connectivity index (χ0) is 16.9. The molecule has 3 aromatic rings. The number of ether oxygens (including phenoxy) is 1. The van der Waals surface area contributed by atoms with Gasteiger partial charge in [0, 0.05) is 24.4 Å². The van der Waals surface area contributed by atoms with Crippen molar-refractivity contribution in [1.29, 1.82) is 0 Å². The van der Waals surface area contributed by atoms with Crippen LogP contribution in [-0.2, 0) is 6.54 Å². The smallest absolute Gasteiger partial charge is 0.254 e. The van der Waals surface area contributed by atoms with Gasteiger partial charge in [-0.2, -0.15) is 0 Å². The number of hydrogen-bond donors (Lipinski definition) is 1. The summed E-state index contributed by atoms with van der Waals surface area (Å²) in [6.45, 7) is 0.150. The lowest BCUT2D eigenvalue weighted by Crippen LogP contribution is -2.22. The van der Waals surface area contributed by atoms with Gasteiger partial charge in [-0.15, -0.1) is 0 Å². The van der Waals surface area contributed by atoms with Crippen molar-refractivity contribution < 1.29 is 22.7 Å². The van der Waals surface area contributed by atoms with Gasteiger partial charge in [0.15, 0.2) is 11.6 Å². The number of hydrogen-bond acceptors (Lipinski definition) is 4. The largest absolute Gasteiger partial charge is 0.472 e. The molecule has 0 aliphatic rings. The quantitative estimate of drug-likeness (QED) is 0.775. The Labute approximate surface area is 135 Å². The Morgan fingerprint density at radius 3 is 2.83 bits per heavy atom. The molecule has 7 heteroatoms. The molecular formula is C17H12F2N2O3. The molecule has 0 bridgehead atoms. The summed E-state index contributed by atoms with van der Waals surface area (Å²) in [6, 6.07) is 8.11. The lowest BCUT2D eigenvalue weighted by molar-refractivity contribution is 0.0950. The van der Waals surface area contributed by atoms with E-state index in [0.29, 0.717) is 11.1 Å². The van der Waals surface area contributed by atoms with Crippen LogP contribution < -0.4 is 10.1 Å². The predicted molar refractivity (Wildman–Crippen MR) is 80.5 cm³/mol. The number of nitrogens with one attached hydrogen (secondary N) is 1. The van der Waals surface area contributed by atoms with Crippen LogP contribution in [0.15, 0.2) is 59.5 Å². The van der Waals surface area contributed by atoms with E-state index in [0.717, 1.165) is 12.1 Å². The third-order valence-electron chi connectivity index (χ3n) is 3.18. The highest BCUT2D eigenvalue weighted by atomic mass is 19.2. The van der Waals surface area contributed by atoms with E-state index in [1.807, 2.05) is 0 Å². The fourth-order valence-corrected chi connectivity index (χ4v) is 1.97. The predicted octanol–water partition coefficient (Wildman–Crippen LogP) is 3.68. The number of pyridine rings is 1. The number of furan rings is 1. The van der Waals surface area contributed by atoms with Crippen molar-refractivity contribution in [3.05, 3.63) is 77.9 Å². The Morgan fingerprint density at radius 2 is 2.08 bits per heavy atom. The molecule has 0 unspecified atom stereocenters. The molecule has 5 nitrogen and oxygen atoms in total. The molecule has 0 saturated carbocycles. The van der Waals surface area contributed by atoms with Crippen molar-refractivity contribution in [2.24, 2.45) is 0 Å². The van der Waals surface area contributed by atoms with Crippen LogP contribution in [0, 0.1) is 11.6 Å². The molecule has 0 aliphatic heterocycles. The standard InChI is InChI=1S/C17H12F2N2O3/c18-14-4-3-13(8-15(14)19)24-17-11(2-1-6-20-17)9-21-16(22)12-5-7-23-10-12/h1-8,10H,9H2,(H,21,22). The minimum atomic E-state index is -1.02. The maximum atomic E-state index is 13.3. The van der Waals surface area contributed by atoms with Crippen molar-refractivity contribution in [3.8, 4) is 11.6 Å². The number of amides is 1. The van der Waals surface area contributed by atoms with Gasteiger partial charge in [0.2, 0.25) is 5.88 Å². The van der Waals surface area contributed by atoms with E-state index in [1.165, 1.54) is 30.9 Å². The van der Waals surface area contributed by atoms with Gasteiger partial charge in [-0.05, 0) is 24.3 Å². The van der Waals surface area contributed by atoms with Gasteiger partial charge in [0.1, 0.15) is 12.0 Å². The molecule has 1 N–H and O–H groups in total. The van der Waals surface area contributed by atoms with Crippen molar-refractivity contribution >= 4 is 5.91 Å². The summed E-state index contributed by atoms with van der Waals surface area (Å²) in [4.78, 5) is 16.0. The van der Waals surface area contributed by atoms with Crippen molar-refractivity contribution in [1.82, 2.24) is 10.3 Å². The first-order valence-corrected chi connectivity index (χ1v) is 7.00. The van der Waals surface area contributed by atoms with Gasteiger partial charge in [-0.3, -0.25) is 4.79 Å². The molecule has 0 fully saturated rings. The minimum absolute atomic E-state index is 0.106. The first-order valence-electron chi connectivity index (χ1n) is 7.00. The number of benzene rings is 1. The summed E-state index contributed by atoms with van der Waals surface area (Å²) in [5.41, 5.74) is 0.973. The number of rotatable bonds is 5. The lowest BCUT2D eigenvalue weighted by atomic mass is 10.2. The van der Waals surface area contributed by atoms with E-state index in [2.05, 4.69) is 10.3 Å². The zero-order valence-corrected chi connectivity index (χ0v) is 12.3. The lowest BCUT2D eigenvalue weighted by Gasteiger charge is -2.10. The molecule has 0 spiro atoms. The van der Waals surface area contributed by atoms with E-state index in [4.69, 9.17) is 9.15 Å². The maximum Gasteiger partial charge on any atom is 0.254 e. The second kappa shape index (κ2) is 6.91. The second-order valence-electron chi connectivity index (χ2n) is 4.84. The molecule has 24 heavy (non-hydrogen) atoms. The molecule has 2 aromatic heterocycles. The monoisotopic (exact) mass is 330 g/mol. The second-order valence-corrected chi connectivity index (χ2v) is 4.84. The van der Waals surface area contributed by atoms with Gasteiger partial charge in [0.05, 0.1) is 11.8 Å². The maximum absolute atomic E-state index is 13.3. The van der Waals surface area contributed by atoms with E-state index in [-0.39, 0.29) is 24.1 Å². The van der Waals surface area contributed by atoms with Gasteiger partial charge >= 0.3 is 0 Å². The fraction of sp³-hybridized carbons (Fsp3) is 0.0588. The third kappa shape index (κ3) is 3.57. The highest BCUT2D eigenvalue weighted by Gasteiger charge is 2.11. The minimum Gasteiger partial charge on any atom is -0.472 e. The highest BCUT2D eigenvalue weighted by molar-refractivity contribution is 5.93. The fourth-order valence-electron chi connectivity index (χ4n) is 1.97. The topological polar surface area (TPSA) is 64.4 Å². The van der Waals surface area contributed by atoms with E-state index >= 15 is 0 Å². The van der Waals surface area contributed by atoms with Crippen LogP contribution in [0.25, 0.3) is 0 Å². The summed E-state index contributed by atoms with van der Waals surface area (Å²) in [6.07, 6.45) is 4.23. The molecule has 0 aliphatic carbocycles. The highest BCUT2D eigenvalue weighted by Crippen LogP contribution is 2.24. The summed E-state index contributed by atoms with van der Waals surface area (Å²) in [5, 5.41) is 2.70. The Kier molecular flexibility index (Phi) is 4.51. The van der Waals surface area contributed by atoms with E-state index < -0.39 is 11.6 Å². The average Bonchev–Trinajstić information content (AvgIpc) is 3.12. The van der Waals surface area contributed by atoms with Crippen LogP contribution in [0.2, 0.25) is 0 Å². The Balaban J connectivity index is 1.73. The first-order chi connectivity index (χ1) is 11.6. The number of carbonyl (C=O) groups is 1. The molecule has 0 saturated heterocycles. The Morgan fingerprint density at radius 1 is 1.21 bits per heavy atom. The normalized spacial score (nSPS) is 10.4. The number of halogens is 2. The summed E-state index contributed by atoms with van der Waals surface area (Å²) in [5.74, 6) is -1.99. The van der Waals surface area contributed by atoms with Crippen LogP contribution in [0.3, 0.4) is 0 Å². The summed E-state index contributed by atoms with van der Waals surface area (Å²) in [7, 11) is 0. The molecule has 1 aromatic carbocycles. The van der Waals surface area contributed by atoms with Gasteiger partial charge in [-0.1, -0.05) is 6.07 Å². The van der Waals surface area contributed by atoms with Crippen LogP contribution in [0.4, 0.5) is 8.78 Å². The number of aromatic nitrogens is 1. The van der Waals surface area contributed by atoms with Crippen LogP contribution in [-0.4, -0.2) is 10.9 Å². The SMILES string of the molecule is O=C(NCc1cccnc1Oc1ccc(F)c(F)c1)c1ccoc1.